The van der Waals surface area contributed by atoms with E-state index in [1.807, 2.05) is 24.3 Å². The van der Waals surface area contributed by atoms with Crippen LogP contribution in [0.4, 0.5) is 0 Å². The number of nitrogens with one attached hydrogen (secondary N) is 3. The number of rotatable bonds is 9. The summed E-state index contributed by atoms with van der Waals surface area (Å²) in [6.45, 7) is 3.88. The van der Waals surface area contributed by atoms with Gasteiger partial charge in [0.1, 0.15) is 11.9 Å². The van der Waals surface area contributed by atoms with E-state index in [1.54, 1.807) is 17.5 Å². The second-order valence-corrected chi connectivity index (χ2v) is 12.1. The molecular weight excluding hydrogens is 554 g/mol. The molecule has 2 aliphatic rings. The van der Waals surface area contributed by atoms with Crippen molar-refractivity contribution in [2.75, 3.05) is 26.8 Å². The minimum atomic E-state index is -0.834. The maximum absolute atomic E-state index is 13.3. The van der Waals surface area contributed by atoms with Crippen LogP contribution in [-0.4, -0.2) is 72.5 Å². The molecule has 11 heteroatoms. The Hall–Kier alpha value is -4.06. The van der Waals surface area contributed by atoms with Gasteiger partial charge in [0, 0.05) is 46.9 Å². The fourth-order valence-corrected chi connectivity index (χ4v) is 6.82. The quantitative estimate of drug-likeness (QED) is 0.191. The van der Waals surface area contributed by atoms with Crippen molar-refractivity contribution in [3.63, 3.8) is 0 Å². The molecule has 1 aliphatic heterocycles. The highest BCUT2D eigenvalue weighted by atomic mass is 32.1. The largest absolute Gasteiger partial charge is 0.394 e. The Balaban J connectivity index is 1.26. The maximum atomic E-state index is 13.3. The predicted octanol–water partition coefficient (Wildman–Crippen LogP) is 2.53. The molecule has 3 aromatic rings. The number of ether oxygens (including phenoxy) is 1. The van der Waals surface area contributed by atoms with Gasteiger partial charge in [-0.2, -0.15) is 0 Å². The molecule has 3 amide bonds. The van der Waals surface area contributed by atoms with E-state index >= 15 is 0 Å². The number of likely N-dealkylation sites (tertiary alicyclic amines) is 1. The molecule has 10 nitrogen and oxygen atoms in total. The lowest BCUT2D eigenvalue weighted by Crippen LogP contribution is -2.49. The summed E-state index contributed by atoms with van der Waals surface area (Å²) >= 11 is 1.27. The molecule has 1 unspecified atom stereocenters. The summed E-state index contributed by atoms with van der Waals surface area (Å²) in [5.74, 6) is -1.33. The number of amides is 3. The summed E-state index contributed by atoms with van der Waals surface area (Å²) in [4.78, 5) is 41.8. The standard InChI is InChI=1S/C31H35N5O5S/c1-31(2)22-7-5-4-6-20(22)21-10-17(8-9-23(21)31)29(39)34-13-27(38)36-14-19(41-3)12-25(36)30(40)35-24(15-37)26-11-18(16-42-26)28(32)33/h4-11,16,19,24-25,37H,12-15H2,1-3H3,(H3,32,33)(H,34,39)(H,35,40)/t19-,24?,25+/m1/s1. The van der Waals surface area contributed by atoms with E-state index in [2.05, 4.69) is 36.6 Å². The number of aliphatic hydroxyl groups excluding tert-OH is 1. The second kappa shape index (κ2) is 11.7. The Morgan fingerprint density at radius 1 is 1.14 bits per heavy atom. The smallest absolute Gasteiger partial charge is 0.251 e. The van der Waals surface area contributed by atoms with Crippen molar-refractivity contribution < 1.29 is 24.2 Å². The molecule has 1 aromatic heterocycles. The number of thiophene rings is 1. The highest BCUT2D eigenvalue weighted by molar-refractivity contribution is 7.10. The van der Waals surface area contributed by atoms with Gasteiger partial charge in [0.05, 0.1) is 25.3 Å². The number of hydrogen-bond acceptors (Lipinski definition) is 7. The van der Waals surface area contributed by atoms with Crippen LogP contribution >= 0.6 is 11.3 Å². The van der Waals surface area contributed by atoms with Gasteiger partial charge in [-0.15, -0.1) is 11.3 Å². The van der Waals surface area contributed by atoms with E-state index in [0.29, 0.717) is 16.0 Å². The molecule has 0 radical (unpaired) electrons. The SMILES string of the molecule is CO[C@@H]1C[C@@H](C(=O)NC(CO)c2cc(C(=N)N)cs2)N(C(=O)CNC(=O)c2ccc3c(c2)-c2ccccc2C3(C)C)C1. The van der Waals surface area contributed by atoms with E-state index in [-0.39, 0.29) is 49.4 Å². The topological polar surface area (TPSA) is 158 Å². The lowest BCUT2D eigenvalue weighted by atomic mass is 9.82. The van der Waals surface area contributed by atoms with Crippen LogP contribution < -0.4 is 16.4 Å². The normalized spacial score (nSPS) is 19.1. The molecule has 2 heterocycles. The molecule has 1 fully saturated rings. The molecule has 0 spiro atoms. The van der Waals surface area contributed by atoms with Crippen molar-refractivity contribution in [2.45, 2.75) is 43.9 Å². The summed E-state index contributed by atoms with van der Waals surface area (Å²) in [5, 5.41) is 24.7. The van der Waals surface area contributed by atoms with Gasteiger partial charge in [-0.05, 0) is 40.5 Å². The van der Waals surface area contributed by atoms with Crippen LogP contribution in [0, 0.1) is 5.41 Å². The van der Waals surface area contributed by atoms with Crippen LogP contribution in [0.3, 0.4) is 0 Å². The summed E-state index contributed by atoms with van der Waals surface area (Å²) in [6, 6.07) is 13.9. The van der Waals surface area contributed by atoms with Gasteiger partial charge in [-0.3, -0.25) is 19.8 Å². The molecule has 2 aromatic carbocycles. The van der Waals surface area contributed by atoms with Crippen LogP contribution in [0.5, 0.6) is 0 Å². The lowest BCUT2D eigenvalue weighted by molar-refractivity contribution is -0.138. The zero-order valence-corrected chi connectivity index (χ0v) is 24.6. The Kier molecular flexibility index (Phi) is 8.18. The van der Waals surface area contributed by atoms with Crippen LogP contribution in [0.15, 0.2) is 53.9 Å². The number of hydrogen-bond donors (Lipinski definition) is 5. The number of aliphatic hydroxyl groups is 1. The Morgan fingerprint density at radius 2 is 1.88 bits per heavy atom. The van der Waals surface area contributed by atoms with Crippen LogP contribution in [0.2, 0.25) is 0 Å². The van der Waals surface area contributed by atoms with Crippen molar-refractivity contribution in [3.05, 3.63) is 81.0 Å². The highest BCUT2D eigenvalue weighted by Crippen LogP contribution is 2.48. The van der Waals surface area contributed by atoms with Gasteiger partial charge in [-0.1, -0.05) is 44.2 Å². The summed E-state index contributed by atoms with van der Waals surface area (Å²) in [7, 11) is 1.52. The third kappa shape index (κ3) is 5.42. The summed E-state index contributed by atoms with van der Waals surface area (Å²) in [6.07, 6.45) is -0.0669. The zero-order valence-electron chi connectivity index (χ0n) is 23.8. The average Bonchev–Trinajstić information content (AvgIpc) is 3.71. The Bertz CT molecular complexity index is 1550. The molecule has 5 rings (SSSR count). The van der Waals surface area contributed by atoms with E-state index in [1.165, 1.54) is 28.9 Å². The maximum Gasteiger partial charge on any atom is 0.251 e. The highest BCUT2D eigenvalue weighted by Gasteiger charge is 2.40. The molecule has 1 saturated heterocycles. The first kappa shape index (κ1) is 29.4. The van der Waals surface area contributed by atoms with Crippen LogP contribution in [-0.2, 0) is 19.7 Å². The number of carbonyl (C=O) groups excluding carboxylic acids is 3. The van der Waals surface area contributed by atoms with Crippen molar-refractivity contribution in [2.24, 2.45) is 5.73 Å². The third-order valence-corrected chi connectivity index (χ3v) is 9.28. The number of methoxy groups -OCH3 is 1. The monoisotopic (exact) mass is 589 g/mol. The third-order valence-electron chi connectivity index (χ3n) is 8.24. The number of amidine groups is 1. The van der Waals surface area contributed by atoms with Crippen molar-refractivity contribution >= 4 is 34.9 Å². The molecule has 6 N–H and O–H groups in total. The first-order valence-corrected chi connectivity index (χ1v) is 14.6. The number of nitrogens with zero attached hydrogens (tertiary/aromatic N) is 1. The number of nitrogens with two attached hydrogens (primary N) is 1. The van der Waals surface area contributed by atoms with Crippen molar-refractivity contribution in [1.29, 1.82) is 5.41 Å². The molecule has 3 atom stereocenters. The molecule has 42 heavy (non-hydrogen) atoms. The fourth-order valence-electron chi connectivity index (χ4n) is 5.86. The van der Waals surface area contributed by atoms with Gasteiger partial charge < -0.3 is 31.1 Å². The Labute approximate surface area is 248 Å². The molecule has 0 saturated carbocycles. The zero-order chi connectivity index (χ0) is 30.2. The van der Waals surface area contributed by atoms with E-state index in [4.69, 9.17) is 15.9 Å². The average molecular weight is 590 g/mol. The van der Waals surface area contributed by atoms with Crippen molar-refractivity contribution in [3.8, 4) is 11.1 Å². The second-order valence-electron chi connectivity index (χ2n) is 11.2. The van der Waals surface area contributed by atoms with E-state index in [0.717, 1.165) is 16.7 Å². The fraction of sp³-hybridized carbons (Fsp3) is 0.355. The lowest BCUT2D eigenvalue weighted by Gasteiger charge is -2.25. The van der Waals surface area contributed by atoms with Gasteiger partial charge >= 0.3 is 0 Å². The molecule has 220 valence electrons. The van der Waals surface area contributed by atoms with E-state index in [9.17, 15) is 19.5 Å². The first-order chi connectivity index (χ1) is 20.0. The van der Waals surface area contributed by atoms with Gasteiger partial charge in [0.25, 0.3) is 5.91 Å². The van der Waals surface area contributed by atoms with Gasteiger partial charge in [0.2, 0.25) is 11.8 Å². The van der Waals surface area contributed by atoms with Crippen LogP contribution in [0.1, 0.15) is 58.2 Å². The van der Waals surface area contributed by atoms with E-state index < -0.39 is 23.9 Å². The van der Waals surface area contributed by atoms with Gasteiger partial charge in [-0.25, -0.2) is 0 Å². The molecule has 1 aliphatic carbocycles. The number of carbonyl (C=O) groups is 3. The number of fused-ring (bicyclic) bond motifs is 3. The molecular formula is C31H35N5O5S. The Morgan fingerprint density at radius 3 is 2.57 bits per heavy atom. The number of nitrogen functional groups attached to an aromatic ring is 1. The first-order valence-electron chi connectivity index (χ1n) is 13.7. The van der Waals surface area contributed by atoms with Gasteiger partial charge in [0.15, 0.2) is 0 Å². The minimum Gasteiger partial charge on any atom is -0.394 e. The van der Waals surface area contributed by atoms with Crippen LogP contribution in [0.25, 0.3) is 11.1 Å². The summed E-state index contributed by atoms with van der Waals surface area (Å²) < 4.78 is 5.45. The summed E-state index contributed by atoms with van der Waals surface area (Å²) in [5.41, 5.74) is 10.8. The predicted molar refractivity (Wildman–Crippen MR) is 161 cm³/mol. The minimum absolute atomic E-state index is 0.105. The number of benzene rings is 2. The molecule has 0 bridgehead atoms. The van der Waals surface area contributed by atoms with Crippen molar-refractivity contribution in [1.82, 2.24) is 15.5 Å².